The molecule has 0 saturated heterocycles. The van der Waals surface area contributed by atoms with Crippen LogP contribution in [0.4, 0.5) is 0 Å². The second-order valence-corrected chi connectivity index (χ2v) is 7.04. The molecule has 2 rings (SSSR count). The molecule has 1 N–H and O–H groups in total. The predicted octanol–water partition coefficient (Wildman–Crippen LogP) is 1.58. The molecule has 0 aliphatic heterocycles. The minimum atomic E-state index is -3.98. The van der Waals surface area contributed by atoms with Crippen molar-refractivity contribution >= 4 is 15.9 Å². The molecule has 112 valence electrons. The predicted molar refractivity (Wildman–Crippen MR) is 75.4 cm³/mol. The van der Waals surface area contributed by atoms with Gasteiger partial charge < -0.3 is 0 Å². The van der Waals surface area contributed by atoms with E-state index < -0.39 is 15.9 Å². The molecule has 1 heterocycles. The molecule has 0 radical (unpaired) electrons. The molecule has 0 aromatic carbocycles. The van der Waals surface area contributed by atoms with Crippen LogP contribution in [0.2, 0.25) is 0 Å². The molecule has 7 heteroatoms. The standard InChI is InChI=1S/C14H17N3O3S/c1-10-4-2-3-5-13(10)14(18)17-21(19,20)12-6-11(7-15)8-16-9-12/h6,8-10,13H,2-5H2,1H3,(H,17,18). The fourth-order valence-corrected chi connectivity index (χ4v) is 3.62. The number of amides is 1. The molecule has 1 saturated carbocycles. The summed E-state index contributed by atoms with van der Waals surface area (Å²) in [6.45, 7) is 1.97. The van der Waals surface area contributed by atoms with E-state index in [2.05, 4.69) is 9.71 Å². The van der Waals surface area contributed by atoms with Crippen LogP contribution < -0.4 is 4.72 Å². The van der Waals surface area contributed by atoms with Gasteiger partial charge in [-0.05, 0) is 24.8 Å². The number of hydrogen-bond acceptors (Lipinski definition) is 5. The Labute approximate surface area is 124 Å². The number of carbonyl (C=O) groups is 1. The van der Waals surface area contributed by atoms with Crippen molar-refractivity contribution in [1.29, 1.82) is 5.26 Å². The minimum Gasteiger partial charge on any atom is -0.274 e. The van der Waals surface area contributed by atoms with Gasteiger partial charge in [0.05, 0.1) is 5.56 Å². The van der Waals surface area contributed by atoms with Crippen LogP contribution in [-0.2, 0) is 14.8 Å². The zero-order valence-electron chi connectivity index (χ0n) is 11.7. The topological polar surface area (TPSA) is 99.9 Å². The van der Waals surface area contributed by atoms with E-state index >= 15 is 0 Å². The van der Waals surface area contributed by atoms with E-state index in [1.165, 1.54) is 12.3 Å². The second-order valence-electron chi connectivity index (χ2n) is 5.36. The Morgan fingerprint density at radius 1 is 1.38 bits per heavy atom. The summed E-state index contributed by atoms with van der Waals surface area (Å²) in [5.41, 5.74) is 0.136. The van der Waals surface area contributed by atoms with E-state index in [4.69, 9.17) is 5.26 Å². The molecular formula is C14H17N3O3S. The van der Waals surface area contributed by atoms with E-state index in [0.717, 1.165) is 25.5 Å². The van der Waals surface area contributed by atoms with Gasteiger partial charge in [-0.15, -0.1) is 0 Å². The smallest absolute Gasteiger partial charge is 0.265 e. The summed E-state index contributed by atoms with van der Waals surface area (Å²) in [5.74, 6) is -0.567. The van der Waals surface area contributed by atoms with E-state index in [1.807, 2.05) is 13.0 Å². The van der Waals surface area contributed by atoms with Crippen molar-refractivity contribution < 1.29 is 13.2 Å². The highest BCUT2D eigenvalue weighted by atomic mass is 32.2. The van der Waals surface area contributed by atoms with Gasteiger partial charge in [0.15, 0.2) is 0 Å². The number of nitrogens with zero attached hydrogens (tertiary/aromatic N) is 2. The van der Waals surface area contributed by atoms with Crippen LogP contribution in [-0.4, -0.2) is 19.3 Å². The number of carbonyl (C=O) groups excluding carboxylic acids is 1. The fraction of sp³-hybridized carbons (Fsp3) is 0.500. The van der Waals surface area contributed by atoms with Crippen molar-refractivity contribution in [3.63, 3.8) is 0 Å². The molecule has 0 spiro atoms. The minimum absolute atomic E-state index is 0.136. The third-order valence-electron chi connectivity index (χ3n) is 3.84. The number of nitrogens with one attached hydrogen (secondary N) is 1. The average Bonchev–Trinajstić information content (AvgIpc) is 2.47. The van der Waals surface area contributed by atoms with Crippen molar-refractivity contribution in [2.45, 2.75) is 37.5 Å². The Bertz CT molecular complexity index is 679. The van der Waals surface area contributed by atoms with Crippen LogP contribution in [0, 0.1) is 23.2 Å². The molecule has 1 fully saturated rings. The fourth-order valence-electron chi connectivity index (χ4n) is 2.60. The highest BCUT2D eigenvalue weighted by Crippen LogP contribution is 2.29. The van der Waals surface area contributed by atoms with Gasteiger partial charge >= 0.3 is 0 Å². The first-order valence-electron chi connectivity index (χ1n) is 6.86. The molecule has 1 aromatic rings. The third kappa shape index (κ3) is 3.58. The van der Waals surface area contributed by atoms with Gasteiger partial charge in [-0.2, -0.15) is 5.26 Å². The van der Waals surface area contributed by atoms with Gasteiger partial charge in [0.1, 0.15) is 11.0 Å². The van der Waals surface area contributed by atoms with Crippen LogP contribution in [0.5, 0.6) is 0 Å². The SMILES string of the molecule is CC1CCCCC1C(=O)NS(=O)(=O)c1cncc(C#N)c1. The summed E-state index contributed by atoms with van der Waals surface area (Å²) >= 11 is 0. The second kappa shape index (κ2) is 6.22. The molecule has 1 aliphatic carbocycles. The van der Waals surface area contributed by atoms with Crippen LogP contribution in [0.1, 0.15) is 38.2 Å². The molecule has 2 atom stereocenters. The van der Waals surface area contributed by atoms with Gasteiger partial charge in [0.2, 0.25) is 5.91 Å². The van der Waals surface area contributed by atoms with E-state index in [9.17, 15) is 13.2 Å². The summed E-state index contributed by atoms with van der Waals surface area (Å²) in [7, 11) is -3.98. The van der Waals surface area contributed by atoms with Gasteiger partial charge in [0.25, 0.3) is 10.0 Å². The Kier molecular flexibility index (Phi) is 4.58. The van der Waals surface area contributed by atoms with Crippen LogP contribution in [0.3, 0.4) is 0 Å². The number of pyridine rings is 1. The third-order valence-corrected chi connectivity index (χ3v) is 5.15. The molecule has 21 heavy (non-hydrogen) atoms. The Morgan fingerprint density at radius 3 is 2.76 bits per heavy atom. The van der Waals surface area contributed by atoms with Crippen LogP contribution in [0.15, 0.2) is 23.4 Å². The summed E-state index contributed by atoms with van der Waals surface area (Å²) in [6.07, 6.45) is 6.05. The van der Waals surface area contributed by atoms with E-state index in [1.54, 1.807) is 0 Å². The Hall–Kier alpha value is -1.94. The zero-order valence-corrected chi connectivity index (χ0v) is 12.6. The summed E-state index contributed by atoms with van der Waals surface area (Å²) in [6, 6.07) is 3.02. The van der Waals surface area contributed by atoms with Crippen molar-refractivity contribution in [2.75, 3.05) is 0 Å². The van der Waals surface area contributed by atoms with Crippen molar-refractivity contribution in [1.82, 2.24) is 9.71 Å². The zero-order chi connectivity index (χ0) is 15.5. The van der Waals surface area contributed by atoms with Gasteiger partial charge in [0, 0.05) is 18.3 Å². The number of hydrogen-bond donors (Lipinski definition) is 1. The Morgan fingerprint density at radius 2 is 2.10 bits per heavy atom. The molecular weight excluding hydrogens is 290 g/mol. The van der Waals surface area contributed by atoms with E-state index in [-0.39, 0.29) is 22.3 Å². The molecule has 2 unspecified atom stereocenters. The molecule has 0 bridgehead atoms. The average molecular weight is 307 g/mol. The van der Waals surface area contributed by atoms with Crippen molar-refractivity contribution in [2.24, 2.45) is 11.8 Å². The highest BCUT2D eigenvalue weighted by molar-refractivity contribution is 7.90. The lowest BCUT2D eigenvalue weighted by molar-refractivity contribution is -0.125. The first kappa shape index (κ1) is 15.4. The quantitative estimate of drug-likeness (QED) is 0.914. The maximum atomic E-state index is 12.2. The number of nitriles is 1. The Balaban J connectivity index is 2.17. The number of rotatable bonds is 3. The first-order valence-corrected chi connectivity index (χ1v) is 8.34. The molecule has 6 nitrogen and oxygen atoms in total. The normalized spacial score (nSPS) is 22.3. The van der Waals surface area contributed by atoms with Crippen LogP contribution >= 0.6 is 0 Å². The summed E-state index contributed by atoms with van der Waals surface area (Å²) in [4.78, 5) is 15.7. The van der Waals surface area contributed by atoms with Gasteiger partial charge in [-0.1, -0.05) is 19.8 Å². The van der Waals surface area contributed by atoms with Crippen molar-refractivity contribution in [3.8, 4) is 6.07 Å². The van der Waals surface area contributed by atoms with Crippen molar-refractivity contribution in [3.05, 3.63) is 24.0 Å². The molecule has 1 amide bonds. The maximum absolute atomic E-state index is 12.2. The molecule has 1 aromatic heterocycles. The van der Waals surface area contributed by atoms with E-state index in [0.29, 0.717) is 6.42 Å². The van der Waals surface area contributed by atoms with Crippen LogP contribution in [0.25, 0.3) is 0 Å². The first-order chi connectivity index (χ1) is 9.94. The number of aromatic nitrogens is 1. The lowest BCUT2D eigenvalue weighted by atomic mass is 9.80. The summed E-state index contributed by atoms with van der Waals surface area (Å²) < 4.78 is 26.5. The summed E-state index contributed by atoms with van der Waals surface area (Å²) in [5, 5.41) is 8.78. The monoisotopic (exact) mass is 307 g/mol. The lowest BCUT2D eigenvalue weighted by Crippen LogP contribution is -2.39. The van der Waals surface area contributed by atoms with Gasteiger partial charge in [-0.25, -0.2) is 13.1 Å². The molecule has 1 aliphatic rings. The highest BCUT2D eigenvalue weighted by Gasteiger charge is 2.30. The largest absolute Gasteiger partial charge is 0.274 e. The van der Waals surface area contributed by atoms with Gasteiger partial charge in [-0.3, -0.25) is 9.78 Å². The lowest BCUT2D eigenvalue weighted by Gasteiger charge is -2.27. The maximum Gasteiger partial charge on any atom is 0.265 e. The number of sulfonamides is 1.